The van der Waals surface area contributed by atoms with Gasteiger partial charge in [0.2, 0.25) is 0 Å². The molecule has 0 saturated carbocycles. The number of aliphatic imine (C=N–C) groups is 1. The highest BCUT2D eigenvalue weighted by Gasteiger charge is 2.21. The van der Waals surface area contributed by atoms with E-state index < -0.39 is 0 Å². The summed E-state index contributed by atoms with van der Waals surface area (Å²) >= 11 is 0. The minimum absolute atomic E-state index is 0. The predicted octanol–water partition coefficient (Wildman–Crippen LogP) is 3.08. The maximum atomic E-state index is 10.1. The predicted molar refractivity (Wildman–Crippen MR) is 129 cm³/mol. The van der Waals surface area contributed by atoms with Crippen LogP contribution in [0.3, 0.4) is 0 Å². The second kappa shape index (κ2) is 11.9. The molecule has 0 unspecified atom stereocenters. The van der Waals surface area contributed by atoms with Gasteiger partial charge in [0.25, 0.3) is 0 Å². The van der Waals surface area contributed by atoms with Crippen LogP contribution in [0.4, 0.5) is 5.69 Å². The second-order valence-corrected chi connectivity index (χ2v) is 7.07. The van der Waals surface area contributed by atoms with Crippen molar-refractivity contribution in [1.82, 2.24) is 19.8 Å². The summed E-state index contributed by atoms with van der Waals surface area (Å²) < 4.78 is 2.19. The average molecular weight is 512 g/mol. The number of rotatable bonds is 7. The summed E-state index contributed by atoms with van der Waals surface area (Å²) in [7, 11) is 0. The molecule has 2 N–H and O–H groups in total. The van der Waals surface area contributed by atoms with Gasteiger partial charge < -0.3 is 24.8 Å². The van der Waals surface area contributed by atoms with E-state index >= 15 is 0 Å². The number of piperazine rings is 1. The Morgan fingerprint density at radius 1 is 1.17 bits per heavy atom. The van der Waals surface area contributed by atoms with E-state index in [2.05, 4.69) is 31.6 Å². The molecule has 0 radical (unpaired) electrons. The first-order valence-electron chi connectivity index (χ1n) is 10.2. The first-order valence-corrected chi connectivity index (χ1v) is 10.2. The molecule has 2 heterocycles. The molecule has 1 aromatic carbocycles. The molecule has 1 aliphatic rings. The number of aryl methyl sites for hydroxylation is 2. The van der Waals surface area contributed by atoms with Crippen LogP contribution in [0.5, 0.6) is 5.75 Å². The van der Waals surface area contributed by atoms with Gasteiger partial charge in [-0.05, 0) is 38.8 Å². The SMILES string of the molecule is CCNC(=NCCCCn1ccnc1C)N1CCN(c2ccccc2O)CC1.I. The summed E-state index contributed by atoms with van der Waals surface area (Å²) in [5, 5.41) is 13.5. The van der Waals surface area contributed by atoms with Crippen LogP contribution >= 0.6 is 24.0 Å². The highest BCUT2D eigenvalue weighted by atomic mass is 127. The van der Waals surface area contributed by atoms with E-state index in [4.69, 9.17) is 4.99 Å². The van der Waals surface area contributed by atoms with Gasteiger partial charge in [0.1, 0.15) is 11.6 Å². The van der Waals surface area contributed by atoms with Gasteiger partial charge in [0.15, 0.2) is 5.96 Å². The molecule has 0 spiro atoms. The topological polar surface area (TPSA) is 68.9 Å². The van der Waals surface area contributed by atoms with Gasteiger partial charge in [0, 0.05) is 58.2 Å². The van der Waals surface area contributed by atoms with Gasteiger partial charge in [-0.2, -0.15) is 0 Å². The van der Waals surface area contributed by atoms with Crippen molar-refractivity contribution < 1.29 is 5.11 Å². The van der Waals surface area contributed by atoms with E-state index in [1.54, 1.807) is 6.07 Å². The number of anilines is 1. The van der Waals surface area contributed by atoms with E-state index in [-0.39, 0.29) is 24.0 Å². The summed E-state index contributed by atoms with van der Waals surface area (Å²) in [6.07, 6.45) is 6.05. The summed E-state index contributed by atoms with van der Waals surface area (Å²) in [6.45, 7) is 10.4. The number of phenols is 1. The molecule has 1 fully saturated rings. The number of nitrogens with zero attached hydrogens (tertiary/aromatic N) is 5. The van der Waals surface area contributed by atoms with Crippen molar-refractivity contribution >= 4 is 35.6 Å². The van der Waals surface area contributed by atoms with Gasteiger partial charge in [-0.25, -0.2) is 4.98 Å². The molecule has 7 nitrogen and oxygen atoms in total. The number of para-hydroxylation sites is 2. The van der Waals surface area contributed by atoms with Crippen molar-refractivity contribution in [3.05, 3.63) is 42.5 Å². The Kier molecular flexibility index (Phi) is 9.56. The Hall–Kier alpha value is -1.97. The van der Waals surface area contributed by atoms with E-state index in [0.29, 0.717) is 5.75 Å². The van der Waals surface area contributed by atoms with E-state index in [9.17, 15) is 5.11 Å². The average Bonchev–Trinajstić information content (AvgIpc) is 3.12. The Bertz CT molecular complexity index is 770. The molecule has 3 rings (SSSR count). The molecule has 1 saturated heterocycles. The highest BCUT2D eigenvalue weighted by Crippen LogP contribution is 2.27. The lowest BCUT2D eigenvalue weighted by molar-refractivity contribution is 0.369. The Morgan fingerprint density at radius 2 is 1.93 bits per heavy atom. The van der Waals surface area contributed by atoms with Crippen molar-refractivity contribution in [3.8, 4) is 5.75 Å². The Labute approximate surface area is 190 Å². The first-order chi connectivity index (χ1) is 13.7. The van der Waals surface area contributed by atoms with Crippen molar-refractivity contribution in [2.75, 3.05) is 44.2 Å². The fraction of sp³-hybridized carbons (Fsp3) is 0.524. The zero-order chi connectivity index (χ0) is 19.8. The fourth-order valence-corrected chi connectivity index (χ4v) is 3.54. The number of unbranched alkanes of at least 4 members (excludes halogenated alkanes) is 1. The normalized spacial score (nSPS) is 14.6. The van der Waals surface area contributed by atoms with Crippen molar-refractivity contribution in [2.45, 2.75) is 33.2 Å². The summed E-state index contributed by atoms with van der Waals surface area (Å²) in [5.74, 6) is 2.42. The van der Waals surface area contributed by atoms with Crippen molar-refractivity contribution in [1.29, 1.82) is 0 Å². The molecule has 1 aliphatic heterocycles. The molecule has 0 aliphatic carbocycles. The molecule has 8 heteroatoms. The largest absolute Gasteiger partial charge is 0.506 e. The lowest BCUT2D eigenvalue weighted by Crippen LogP contribution is -2.52. The van der Waals surface area contributed by atoms with Gasteiger partial charge in [-0.15, -0.1) is 24.0 Å². The number of hydrogen-bond acceptors (Lipinski definition) is 4. The fourth-order valence-electron chi connectivity index (χ4n) is 3.54. The van der Waals surface area contributed by atoms with Gasteiger partial charge in [-0.3, -0.25) is 4.99 Å². The van der Waals surface area contributed by atoms with Crippen LogP contribution in [0, 0.1) is 6.92 Å². The number of phenolic OH excluding ortho intramolecular Hbond substituents is 1. The summed E-state index contributed by atoms with van der Waals surface area (Å²) in [4.78, 5) is 13.7. The van der Waals surface area contributed by atoms with Gasteiger partial charge >= 0.3 is 0 Å². The molecule has 29 heavy (non-hydrogen) atoms. The minimum Gasteiger partial charge on any atom is -0.506 e. The molecule has 0 amide bonds. The molecule has 0 bridgehead atoms. The standard InChI is InChI=1S/C21H32N6O.HI/c1-3-22-21(24-10-6-7-12-25-13-11-23-18(25)2)27-16-14-26(15-17-27)19-8-4-5-9-20(19)28;/h4-5,8-9,11,13,28H,3,6-7,10,12,14-17H2,1-2H3,(H,22,24);1H. The van der Waals surface area contributed by atoms with Crippen LogP contribution in [0.15, 0.2) is 41.7 Å². The molecule has 1 aromatic heterocycles. The number of guanidine groups is 1. The van der Waals surface area contributed by atoms with Crippen LogP contribution in [0.2, 0.25) is 0 Å². The first kappa shape index (κ1) is 23.3. The molecule has 160 valence electrons. The molecular weight excluding hydrogens is 479 g/mol. The van der Waals surface area contributed by atoms with Crippen molar-refractivity contribution in [2.24, 2.45) is 4.99 Å². The van der Waals surface area contributed by atoms with E-state index in [0.717, 1.165) is 76.1 Å². The number of halogens is 1. The number of nitrogens with one attached hydrogen (secondary N) is 1. The number of imidazole rings is 1. The van der Waals surface area contributed by atoms with E-state index in [1.165, 1.54) is 0 Å². The lowest BCUT2D eigenvalue weighted by Gasteiger charge is -2.37. The Balaban J connectivity index is 0.00000300. The van der Waals surface area contributed by atoms with Crippen LogP contribution in [-0.4, -0.2) is 64.8 Å². The minimum atomic E-state index is 0. The molecular formula is C21H33IN6O. The van der Waals surface area contributed by atoms with Gasteiger partial charge in [0.05, 0.1) is 5.69 Å². The zero-order valence-corrected chi connectivity index (χ0v) is 19.7. The summed E-state index contributed by atoms with van der Waals surface area (Å²) in [6, 6.07) is 7.56. The van der Waals surface area contributed by atoms with Crippen LogP contribution in [0.1, 0.15) is 25.6 Å². The quantitative estimate of drug-likeness (QED) is 0.258. The van der Waals surface area contributed by atoms with E-state index in [1.807, 2.05) is 37.5 Å². The van der Waals surface area contributed by atoms with Crippen LogP contribution in [-0.2, 0) is 6.54 Å². The summed E-state index contributed by atoms with van der Waals surface area (Å²) in [5.41, 5.74) is 0.916. The van der Waals surface area contributed by atoms with Crippen LogP contribution in [0.25, 0.3) is 0 Å². The van der Waals surface area contributed by atoms with Gasteiger partial charge in [-0.1, -0.05) is 12.1 Å². The third-order valence-corrected chi connectivity index (χ3v) is 5.13. The highest BCUT2D eigenvalue weighted by molar-refractivity contribution is 14.0. The lowest BCUT2D eigenvalue weighted by atomic mass is 10.2. The third kappa shape index (κ3) is 6.52. The Morgan fingerprint density at radius 3 is 2.59 bits per heavy atom. The molecule has 2 aromatic rings. The maximum Gasteiger partial charge on any atom is 0.194 e. The van der Waals surface area contributed by atoms with Crippen molar-refractivity contribution in [3.63, 3.8) is 0 Å². The number of hydrogen-bond donors (Lipinski definition) is 2. The second-order valence-electron chi connectivity index (χ2n) is 7.07. The smallest absolute Gasteiger partial charge is 0.194 e. The molecule has 0 atom stereocenters. The maximum absolute atomic E-state index is 10.1. The monoisotopic (exact) mass is 512 g/mol. The number of aromatic hydroxyl groups is 1. The zero-order valence-electron chi connectivity index (χ0n) is 17.4. The number of benzene rings is 1. The van der Waals surface area contributed by atoms with Crippen LogP contribution < -0.4 is 10.2 Å². The number of aromatic nitrogens is 2. The third-order valence-electron chi connectivity index (χ3n) is 5.13.